The highest BCUT2D eigenvalue weighted by Crippen LogP contribution is 2.50. The Labute approximate surface area is 139 Å². The first-order valence-electron chi connectivity index (χ1n) is 7.86. The lowest BCUT2D eigenvalue weighted by molar-refractivity contribution is -0.186. The number of hydrogen-bond acceptors (Lipinski definition) is 3. The molecule has 1 aliphatic heterocycles. The molecule has 5 nitrogen and oxygen atoms in total. The molecule has 1 unspecified atom stereocenters. The van der Waals surface area contributed by atoms with Crippen molar-refractivity contribution in [2.45, 2.75) is 43.8 Å². The van der Waals surface area contributed by atoms with Gasteiger partial charge in [0.25, 0.3) is 0 Å². The van der Waals surface area contributed by atoms with E-state index in [1.54, 1.807) is 6.07 Å². The summed E-state index contributed by atoms with van der Waals surface area (Å²) < 4.78 is 18.5. The van der Waals surface area contributed by atoms with Gasteiger partial charge in [0, 0.05) is 30.0 Å². The molecule has 23 heavy (non-hydrogen) atoms. The van der Waals surface area contributed by atoms with E-state index in [2.05, 4.69) is 10.8 Å². The molecule has 1 aromatic carbocycles. The zero-order valence-corrected chi connectivity index (χ0v) is 13.5. The molecule has 1 saturated heterocycles. The summed E-state index contributed by atoms with van der Waals surface area (Å²) in [5.74, 6) is -0.360. The van der Waals surface area contributed by atoms with Crippen LogP contribution in [0.25, 0.3) is 0 Å². The van der Waals surface area contributed by atoms with Crippen molar-refractivity contribution in [3.63, 3.8) is 0 Å². The van der Waals surface area contributed by atoms with E-state index in [-0.39, 0.29) is 17.5 Å². The first-order valence-corrected chi connectivity index (χ1v) is 8.23. The van der Waals surface area contributed by atoms with Crippen molar-refractivity contribution >= 4 is 17.6 Å². The molecule has 1 atom stereocenters. The van der Waals surface area contributed by atoms with Crippen molar-refractivity contribution in [3.8, 4) is 0 Å². The second kappa shape index (κ2) is 7.03. The van der Waals surface area contributed by atoms with Gasteiger partial charge in [-0.25, -0.2) is 19.5 Å². The van der Waals surface area contributed by atoms with Crippen molar-refractivity contribution in [2.75, 3.05) is 13.2 Å². The number of urea groups is 1. The second-order valence-electron chi connectivity index (χ2n) is 6.10. The zero-order valence-electron chi connectivity index (χ0n) is 12.7. The third-order valence-electron chi connectivity index (χ3n) is 4.36. The molecule has 2 amide bonds. The van der Waals surface area contributed by atoms with Gasteiger partial charge in [-0.2, -0.15) is 0 Å². The van der Waals surface area contributed by atoms with Gasteiger partial charge >= 0.3 is 6.03 Å². The highest BCUT2D eigenvalue weighted by atomic mass is 35.5. The molecule has 0 spiro atoms. The number of amides is 2. The van der Waals surface area contributed by atoms with E-state index in [0.717, 1.165) is 37.7 Å². The van der Waals surface area contributed by atoms with Crippen molar-refractivity contribution < 1.29 is 18.8 Å². The van der Waals surface area contributed by atoms with Crippen LogP contribution in [-0.2, 0) is 15.0 Å². The van der Waals surface area contributed by atoms with Crippen molar-refractivity contribution in [3.05, 3.63) is 34.6 Å². The molecule has 1 aromatic rings. The highest BCUT2D eigenvalue weighted by molar-refractivity contribution is 6.31. The van der Waals surface area contributed by atoms with Crippen LogP contribution in [0.5, 0.6) is 0 Å². The van der Waals surface area contributed by atoms with Crippen molar-refractivity contribution in [1.29, 1.82) is 0 Å². The Morgan fingerprint density at radius 2 is 2.26 bits per heavy atom. The number of carbonyl (C=O) groups excluding carboxylic acids is 1. The predicted molar refractivity (Wildman–Crippen MR) is 83.5 cm³/mol. The van der Waals surface area contributed by atoms with Crippen molar-refractivity contribution in [1.82, 2.24) is 10.8 Å². The van der Waals surface area contributed by atoms with Gasteiger partial charge in [0.1, 0.15) is 5.82 Å². The van der Waals surface area contributed by atoms with Gasteiger partial charge in [0.15, 0.2) is 6.29 Å². The number of benzene rings is 1. The molecular weight excluding hydrogens is 323 g/mol. The normalized spacial score (nSPS) is 22.4. The van der Waals surface area contributed by atoms with E-state index in [1.165, 1.54) is 12.1 Å². The molecule has 0 bridgehead atoms. The molecule has 0 aromatic heterocycles. The zero-order chi connectivity index (χ0) is 16.3. The van der Waals surface area contributed by atoms with Gasteiger partial charge in [0.05, 0.1) is 0 Å². The average molecular weight is 343 g/mol. The Morgan fingerprint density at radius 3 is 2.91 bits per heavy atom. The minimum atomic E-state index is -0.413. The summed E-state index contributed by atoms with van der Waals surface area (Å²) in [6.07, 6.45) is 4.26. The Kier molecular flexibility index (Phi) is 5.04. The minimum absolute atomic E-state index is 0.205. The van der Waals surface area contributed by atoms with Gasteiger partial charge in [-0.3, -0.25) is 0 Å². The van der Waals surface area contributed by atoms with E-state index in [4.69, 9.17) is 21.2 Å². The van der Waals surface area contributed by atoms with Gasteiger partial charge in [0.2, 0.25) is 0 Å². The molecular formula is C16H20ClFN2O3. The van der Waals surface area contributed by atoms with Gasteiger partial charge < -0.3 is 10.1 Å². The quantitative estimate of drug-likeness (QED) is 0.807. The number of rotatable bonds is 5. The van der Waals surface area contributed by atoms with Crippen LogP contribution in [-0.4, -0.2) is 25.5 Å². The first kappa shape index (κ1) is 16.5. The fraction of sp³-hybridized carbons (Fsp3) is 0.562. The van der Waals surface area contributed by atoms with Crippen LogP contribution in [0.1, 0.15) is 37.7 Å². The molecule has 126 valence electrons. The van der Waals surface area contributed by atoms with E-state index >= 15 is 0 Å². The van der Waals surface area contributed by atoms with Crippen LogP contribution in [0.15, 0.2) is 18.2 Å². The van der Waals surface area contributed by atoms with Crippen LogP contribution < -0.4 is 10.8 Å². The van der Waals surface area contributed by atoms with Gasteiger partial charge in [-0.05, 0) is 43.4 Å². The summed E-state index contributed by atoms with van der Waals surface area (Å²) in [6, 6.07) is 3.98. The Hall–Kier alpha value is -1.37. The summed E-state index contributed by atoms with van der Waals surface area (Å²) in [5.41, 5.74) is 3.03. The summed E-state index contributed by atoms with van der Waals surface area (Å²) in [5, 5.41) is 3.18. The molecule has 2 aliphatic rings. The summed E-state index contributed by atoms with van der Waals surface area (Å²) in [6.45, 7) is 1.08. The number of nitrogens with one attached hydrogen (secondary N) is 2. The monoisotopic (exact) mass is 342 g/mol. The highest BCUT2D eigenvalue weighted by Gasteiger charge is 2.45. The van der Waals surface area contributed by atoms with E-state index in [1.807, 2.05) is 0 Å². The lowest BCUT2D eigenvalue weighted by atomic mass is 9.96. The number of halogens is 2. The third-order valence-corrected chi connectivity index (χ3v) is 4.68. The van der Waals surface area contributed by atoms with E-state index < -0.39 is 6.03 Å². The maximum atomic E-state index is 13.2. The largest absolute Gasteiger partial charge is 0.350 e. The molecule has 2 fully saturated rings. The first-order chi connectivity index (χ1) is 11.1. The number of carbonyl (C=O) groups is 1. The maximum Gasteiger partial charge on any atom is 0.338 e. The fourth-order valence-corrected chi connectivity index (χ4v) is 3.19. The smallest absolute Gasteiger partial charge is 0.338 e. The molecule has 3 rings (SSSR count). The standard InChI is InChI=1S/C16H20ClFN2O3/c17-13-9-11(18)4-5-12(13)16(6-7-16)10-19-15(21)20-23-14-3-1-2-8-22-14/h4-5,9,14H,1-3,6-8,10H2,(H2,19,20,21). The van der Waals surface area contributed by atoms with E-state index in [0.29, 0.717) is 18.2 Å². The fourth-order valence-electron chi connectivity index (χ4n) is 2.82. The van der Waals surface area contributed by atoms with Crippen molar-refractivity contribution in [2.24, 2.45) is 0 Å². The summed E-state index contributed by atoms with van der Waals surface area (Å²) in [4.78, 5) is 17.1. The van der Waals surface area contributed by atoms with Crippen LogP contribution >= 0.6 is 11.6 Å². The van der Waals surface area contributed by atoms with Gasteiger partial charge in [-0.1, -0.05) is 17.7 Å². The van der Waals surface area contributed by atoms with Crippen LogP contribution in [0.3, 0.4) is 0 Å². The molecule has 1 aliphatic carbocycles. The molecule has 0 radical (unpaired) electrons. The molecule has 7 heteroatoms. The Balaban J connectivity index is 1.48. The Bertz CT molecular complexity index is 574. The second-order valence-corrected chi connectivity index (χ2v) is 6.51. The predicted octanol–water partition coefficient (Wildman–Crippen LogP) is 3.27. The van der Waals surface area contributed by atoms with Crippen LogP contribution in [0.4, 0.5) is 9.18 Å². The average Bonchev–Trinajstić information content (AvgIpc) is 3.33. The lowest BCUT2D eigenvalue weighted by Gasteiger charge is -2.23. The summed E-state index contributed by atoms with van der Waals surface area (Å²) >= 11 is 6.12. The molecule has 1 saturated carbocycles. The topological polar surface area (TPSA) is 59.6 Å². The lowest BCUT2D eigenvalue weighted by Crippen LogP contribution is -2.42. The number of ether oxygens (including phenoxy) is 1. The number of hydrogen-bond donors (Lipinski definition) is 2. The van der Waals surface area contributed by atoms with Gasteiger partial charge in [-0.15, -0.1) is 0 Å². The maximum absolute atomic E-state index is 13.2. The SMILES string of the molecule is O=C(NCC1(c2ccc(F)cc2Cl)CC1)NOC1CCCCO1. The number of hydroxylamine groups is 1. The van der Waals surface area contributed by atoms with E-state index in [9.17, 15) is 9.18 Å². The third kappa shape index (κ3) is 4.13. The molecule has 1 heterocycles. The van der Waals surface area contributed by atoms with Crippen LogP contribution in [0, 0.1) is 5.82 Å². The minimum Gasteiger partial charge on any atom is -0.350 e. The Morgan fingerprint density at radius 1 is 1.43 bits per heavy atom. The molecule has 2 N–H and O–H groups in total. The van der Waals surface area contributed by atoms with Crippen LogP contribution in [0.2, 0.25) is 5.02 Å². The summed E-state index contributed by atoms with van der Waals surface area (Å²) in [7, 11) is 0.